The third-order valence-corrected chi connectivity index (χ3v) is 5.97. The van der Waals surface area contributed by atoms with Crippen molar-refractivity contribution in [3.63, 3.8) is 0 Å². The summed E-state index contributed by atoms with van der Waals surface area (Å²) in [5.74, 6) is 1.43. The quantitative estimate of drug-likeness (QED) is 0.447. The summed E-state index contributed by atoms with van der Waals surface area (Å²) in [6, 6.07) is 10.9. The maximum atomic E-state index is 11.9. The SMILES string of the molecule is CCCNC(=O)CN1CCC(NC(=NC)NCC2CCOC2c2ccccc2)CC1. The van der Waals surface area contributed by atoms with Crippen LogP contribution in [0.2, 0.25) is 0 Å². The highest BCUT2D eigenvalue weighted by Crippen LogP contribution is 2.33. The van der Waals surface area contributed by atoms with Crippen LogP contribution in [0.4, 0.5) is 0 Å². The Hall–Kier alpha value is -2.12. The standard InChI is InChI=1S/C23H37N5O2/c1-3-12-25-21(29)17-28-13-9-20(10-14-28)27-23(24-2)26-16-19-11-15-30-22(19)18-7-5-4-6-8-18/h4-8,19-20,22H,3,9-17H2,1-2H3,(H,25,29)(H2,24,26,27). The molecule has 0 bridgehead atoms. The number of carbonyl (C=O) groups excluding carboxylic acids is 1. The first-order valence-electron chi connectivity index (χ1n) is 11.3. The Morgan fingerprint density at radius 3 is 2.63 bits per heavy atom. The van der Waals surface area contributed by atoms with Gasteiger partial charge in [-0.2, -0.15) is 0 Å². The summed E-state index contributed by atoms with van der Waals surface area (Å²) in [5, 5.41) is 10.0. The minimum atomic E-state index is 0.132. The first kappa shape index (κ1) is 22.6. The van der Waals surface area contributed by atoms with Gasteiger partial charge in [-0.1, -0.05) is 37.3 Å². The van der Waals surface area contributed by atoms with Crippen molar-refractivity contribution in [2.24, 2.45) is 10.9 Å². The lowest BCUT2D eigenvalue weighted by Gasteiger charge is -2.32. The largest absolute Gasteiger partial charge is 0.373 e. The van der Waals surface area contributed by atoms with Crippen molar-refractivity contribution in [3.8, 4) is 0 Å². The third kappa shape index (κ3) is 6.71. The van der Waals surface area contributed by atoms with Crippen molar-refractivity contribution < 1.29 is 9.53 Å². The second-order valence-electron chi connectivity index (χ2n) is 8.25. The molecular formula is C23H37N5O2. The molecule has 3 N–H and O–H groups in total. The van der Waals surface area contributed by atoms with E-state index in [2.05, 4.69) is 57.0 Å². The molecule has 7 nitrogen and oxygen atoms in total. The van der Waals surface area contributed by atoms with Crippen LogP contribution >= 0.6 is 0 Å². The number of rotatable bonds is 8. The van der Waals surface area contributed by atoms with Crippen molar-refractivity contribution in [1.29, 1.82) is 0 Å². The van der Waals surface area contributed by atoms with Crippen molar-refractivity contribution in [1.82, 2.24) is 20.9 Å². The van der Waals surface area contributed by atoms with E-state index in [-0.39, 0.29) is 12.0 Å². The molecule has 0 spiro atoms. The van der Waals surface area contributed by atoms with E-state index in [1.165, 1.54) is 5.56 Å². The molecule has 2 unspecified atom stereocenters. The van der Waals surface area contributed by atoms with E-state index in [1.54, 1.807) is 0 Å². The maximum Gasteiger partial charge on any atom is 0.234 e. The van der Waals surface area contributed by atoms with Gasteiger partial charge in [0.25, 0.3) is 0 Å². The molecule has 0 aromatic heterocycles. The van der Waals surface area contributed by atoms with Crippen LogP contribution in [-0.2, 0) is 9.53 Å². The van der Waals surface area contributed by atoms with Gasteiger partial charge in [-0.3, -0.25) is 14.7 Å². The number of ether oxygens (including phenoxy) is 1. The van der Waals surface area contributed by atoms with Crippen molar-refractivity contribution in [2.45, 2.75) is 44.8 Å². The molecule has 2 aliphatic rings. The lowest BCUT2D eigenvalue weighted by Crippen LogP contribution is -2.50. The molecule has 2 aliphatic heterocycles. The smallest absolute Gasteiger partial charge is 0.234 e. The third-order valence-electron chi connectivity index (χ3n) is 5.97. The number of guanidine groups is 1. The lowest BCUT2D eigenvalue weighted by atomic mass is 9.95. The van der Waals surface area contributed by atoms with Gasteiger partial charge in [0.15, 0.2) is 5.96 Å². The number of benzene rings is 1. The Balaban J connectivity index is 1.40. The first-order valence-corrected chi connectivity index (χ1v) is 11.3. The molecule has 30 heavy (non-hydrogen) atoms. The number of nitrogens with one attached hydrogen (secondary N) is 3. The van der Waals surface area contributed by atoms with Gasteiger partial charge in [-0.15, -0.1) is 0 Å². The normalized spacial score (nSPS) is 23.3. The van der Waals surface area contributed by atoms with Gasteiger partial charge in [0.2, 0.25) is 5.91 Å². The number of amides is 1. The fraction of sp³-hybridized carbons (Fsp3) is 0.652. The molecule has 3 rings (SSSR count). The Morgan fingerprint density at radius 2 is 1.93 bits per heavy atom. The van der Waals surface area contributed by atoms with Gasteiger partial charge >= 0.3 is 0 Å². The van der Waals surface area contributed by atoms with Gasteiger partial charge in [0.1, 0.15) is 0 Å². The lowest BCUT2D eigenvalue weighted by molar-refractivity contribution is -0.122. The number of hydrogen-bond donors (Lipinski definition) is 3. The highest BCUT2D eigenvalue weighted by Gasteiger charge is 2.30. The summed E-state index contributed by atoms with van der Waals surface area (Å²) in [6.07, 6.45) is 4.21. The number of hydrogen-bond acceptors (Lipinski definition) is 4. The van der Waals surface area contributed by atoms with E-state index in [1.807, 2.05) is 13.1 Å². The van der Waals surface area contributed by atoms with Crippen LogP contribution in [0.3, 0.4) is 0 Å². The van der Waals surface area contributed by atoms with Crippen LogP contribution < -0.4 is 16.0 Å². The molecule has 2 atom stereocenters. The summed E-state index contributed by atoms with van der Waals surface area (Å²) in [4.78, 5) is 18.6. The number of likely N-dealkylation sites (tertiary alicyclic amines) is 1. The number of aliphatic imine (C=N–C) groups is 1. The summed E-state index contributed by atoms with van der Waals surface area (Å²) >= 11 is 0. The Morgan fingerprint density at radius 1 is 1.17 bits per heavy atom. The fourth-order valence-corrected chi connectivity index (χ4v) is 4.23. The highest BCUT2D eigenvalue weighted by molar-refractivity contribution is 5.80. The molecule has 0 saturated carbocycles. The molecule has 1 aromatic carbocycles. The van der Waals surface area contributed by atoms with E-state index >= 15 is 0 Å². The number of piperidine rings is 1. The average Bonchev–Trinajstić information content (AvgIpc) is 3.25. The Labute approximate surface area is 180 Å². The average molecular weight is 416 g/mol. The number of carbonyl (C=O) groups is 1. The second-order valence-corrected chi connectivity index (χ2v) is 8.25. The summed E-state index contributed by atoms with van der Waals surface area (Å²) in [7, 11) is 1.82. The van der Waals surface area contributed by atoms with Gasteiger partial charge in [0, 0.05) is 51.8 Å². The van der Waals surface area contributed by atoms with Crippen molar-refractivity contribution in [3.05, 3.63) is 35.9 Å². The summed E-state index contributed by atoms with van der Waals surface area (Å²) in [5.41, 5.74) is 1.25. The van der Waals surface area contributed by atoms with Crippen LogP contribution in [0.15, 0.2) is 35.3 Å². The molecule has 1 aromatic rings. The minimum Gasteiger partial charge on any atom is -0.373 e. The molecule has 2 saturated heterocycles. The van der Waals surface area contributed by atoms with Crippen molar-refractivity contribution in [2.75, 3.05) is 46.4 Å². The molecule has 2 fully saturated rings. The molecule has 1 amide bonds. The van der Waals surface area contributed by atoms with Crippen LogP contribution in [0.25, 0.3) is 0 Å². The fourth-order valence-electron chi connectivity index (χ4n) is 4.23. The van der Waals surface area contributed by atoms with E-state index in [0.717, 1.165) is 64.4 Å². The molecular weight excluding hydrogens is 378 g/mol. The second kappa shape index (κ2) is 11.9. The van der Waals surface area contributed by atoms with Gasteiger partial charge in [-0.05, 0) is 31.2 Å². The maximum absolute atomic E-state index is 11.9. The zero-order valence-corrected chi connectivity index (χ0v) is 18.4. The Bertz CT molecular complexity index is 673. The van der Waals surface area contributed by atoms with Gasteiger partial charge < -0.3 is 20.7 Å². The Kier molecular flexibility index (Phi) is 8.96. The van der Waals surface area contributed by atoms with E-state index in [4.69, 9.17) is 4.74 Å². The molecule has 0 radical (unpaired) electrons. The molecule has 7 heteroatoms. The van der Waals surface area contributed by atoms with E-state index < -0.39 is 0 Å². The first-order chi connectivity index (χ1) is 14.7. The molecule has 0 aliphatic carbocycles. The van der Waals surface area contributed by atoms with Crippen LogP contribution in [-0.4, -0.2) is 69.2 Å². The minimum absolute atomic E-state index is 0.132. The van der Waals surface area contributed by atoms with Gasteiger partial charge in [0.05, 0.1) is 12.6 Å². The topological polar surface area (TPSA) is 78.0 Å². The zero-order chi connectivity index (χ0) is 21.2. The molecule has 2 heterocycles. The van der Waals surface area contributed by atoms with Crippen LogP contribution in [0.5, 0.6) is 0 Å². The van der Waals surface area contributed by atoms with E-state index in [9.17, 15) is 4.79 Å². The predicted octanol–water partition coefficient (Wildman–Crippen LogP) is 1.92. The number of nitrogens with zero attached hydrogens (tertiary/aromatic N) is 2. The van der Waals surface area contributed by atoms with Crippen LogP contribution in [0, 0.1) is 5.92 Å². The predicted molar refractivity (Wildman–Crippen MR) is 121 cm³/mol. The van der Waals surface area contributed by atoms with Gasteiger partial charge in [-0.25, -0.2) is 0 Å². The monoisotopic (exact) mass is 415 g/mol. The summed E-state index contributed by atoms with van der Waals surface area (Å²) in [6.45, 7) is 6.84. The van der Waals surface area contributed by atoms with Crippen molar-refractivity contribution >= 4 is 11.9 Å². The summed E-state index contributed by atoms with van der Waals surface area (Å²) < 4.78 is 6.00. The molecule has 166 valence electrons. The highest BCUT2D eigenvalue weighted by atomic mass is 16.5. The zero-order valence-electron chi connectivity index (χ0n) is 18.4. The van der Waals surface area contributed by atoms with E-state index in [0.29, 0.717) is 18.5 Å². The van der Waals surface area contributed by atoms with Crippen LogP contribution in [0.1, 0.15) is 44.3 Å².